The molecule has 1 aliphatic rings. The molecule has 8 heteroatoms. The third-order valence-corrected chi connectivity index (χ3v) is 4.85. The van der Waals surface area contributed by atoms with E-state index in [-0.39, 0.29) is 24.0 Å². The molecule has 0 unspecified atom stereocenters. The van der Waals surface area contributed by atoms with Gasteiger partial charge in [-0.3, -0.25) is 0 Å². The number of fused-ring (bicyclic) bond motifs is 1. The number of methoxy groups -OCH3 is 1. The fraction of sp³-hybridized carbons (Fsp3) is 0.292. The van der Waals surface area contributed by atoms with Gasteiger partial charge in [-0.1, -0.05) is 18.2 Å². The van der Waals surface area contributed by atoms with Crippen molar-refractivity contribution in [2.24, 2.45) is 4.99 Å². The van der Waals surface area contributed by atoms with Gasteiger partial charge in [0.1, 0.15) is 11.5 Å². The molecule has 0 bridgehead atoms. The molecule has 3 aromatic rings. The second-order valence-corrected chi connectivity index (χ2v) is 7.07. The zero-order valence-electron chi connectivity index (χ0n) is 18.0. The van der Waals surface area contributed by atoms with Crippen LogP contribution in [-0.4, -0.2) is 32.8 Å². The summed E-state index contributed by atoms with van der Waals surface area (Å²) in [5, 5.41) is 6.74. The second kappa shape index (κ2) is 12.2. The first kappa shape index (κ1) is 23.8. The van der Waals surface area contributed by atoms with Crippen molar-refractivity contribution in [3.63, 3.8) is 0 Å². The Bertz CT molecular complexity index is 1010. The highest BCUT2D eigenvalue weighted by Crippen LogP contribution is 2.32. The average Bonchev–Trinajstić information content (AvgIpc) is 3.21. The Morgan fingerprint density at radius 1 is 1.03 bits per heavy atom. The molecule has 0 spiro atoms. The number of ether oxygens (including phenoxy) is 3. The minimum Gasteiger partial charge on any atom is -0.496 e. The van der Waals surface area contributed by atoms with E-state index in [2.05, 4.69) is 10.6 Å². The summed E-state index contributed by atoms with van der Waals surface area (Å²) >= 11 is 0. The lowest BCUT2D eigenvalue weighted by Crippen LogP contribution is -2.32. The van der Waals surface area contributed by atoms with E-state index < -0.39 is 0 Å². The number of rotatable bonds is 7. The van der Waals surface area contributed by atoms with Gasteiger partial charge < -0.3 is 29.3 Å². The summed E-state index contributed by atoms with van der Waals surface area (Å²) in [6.07, 6.45) is 3.31. The zero-order chi connectivity index (χ0) is 21.3. The van der Waals surface area contributed by atoms with Gasteiger partial charge in [0.15, 0.2) is 17.5 Å². The van der Waals surface area contributed by atoms with Crippen LogP contribution in [0, 0.1) is 0 Å². The summed E-state index contributed by atoms with van der Waals surface area (Å²) in [5.41, 5.74) is 1.88. The number of aliphatic imine (C=N–C) groups is 1. The Balaban J connectivity index is 0.00000289. The lowest BCUT2D eigenvalue weighted by molar-refractivity contribution is 0.297. The number of para-hydroxylation sites is 1. The van der Waals surface area contributed by atoms with Crippen LogP contribution >= 0.6 is 24.0 Å². The third-order valence-electron chi connectivity index (χ3n) is 4.85. The molecule has 7 nitrogen and oxygen atoms in total. The van der Waals surface area contributed by atoms with Crippen molar-refractivity contribution in [3.05, 3.63) is 72.2 Å². The minimum atomic E-state index is 0. The highest BCUT2D eigenvalue weighted by Gasteiger charge is 2.12. The number of guanidine groups is 1. The van der Waals surface area contributed by atoms with Gasteiger partial charge in [0.05, 0.1) is 33.1 Å². The van der Waals surface area contributed by atoms with Crippen LogP contribution in [0.1, 0.15) is 17.7 Å². The normalized spacial score (nSPS) is 13.0. The molecule has 0 saturated heterocycles. The van der Waals surface area contributed by atoms with Crippen LogP contribution in [0.2, 0.25) is 0 Å². The highest BCUT2D eigenvalue weighted by atomic mass is 127. The standard InChI is InChI=1S/C24H27N3O4.HI/c1-28-21-8-3-2-6-18(21)17-26-24(25-12-11-20-7-4-13-29-20)27-19-9-10-22-23(16-19)31-15-5-14-30-22;/h2-4,6-10,13,16H,5,11-12,14-15,17H2,1H3,(H2,25,26,27);1H. The van der Waals surface area contributed by atoms with Crippen molar-refractivity contribution in [2.45, 2.75) is 19.4 Å². The van der Waals surface area contributed by atoms with Crippen molar-refractivity contribution in [1.29, 1.82) is 0 Å². The molecule has 2 N–H and O–H groups in total. The molecule has 0 atom stereocenters. The van der Waals surface area contributed by atoms with Gasteiger partial charge in [-0.15, -0.1) is 24.0 Å². The van der Waals surface area contributed by atoms with Crippen molar-refractivity contribution < 1.29 is 18.6 Å². The molecular weight excluding hydrogens is 521 g/mol. The fourth-order valence-electron chi connectivity index (χ4n) is 3.27. The van der Waals surface area contributed by atoms with E-state index in [1.807, 2.05) is 54.6 Å². The number of nitrogens with zero attached hydrogens (tertiary/aromatic N) is 1. The first-order chi connectivity index (χ1) is 15.3. The fourth-order valence-corrected chi connectivity index (χ4v) is 3.27. The maximum atomic E-state index is 5.81. The minimum absolute atomic E-state index is 0. The highest BCUT2D eigenvalue weighted by molar-refractivity contribution is 14.0. The van der Waals surface area contributed by atoms with E-state index in [9.17, 15) is 0 Å². The van der Waals surface area contributed by atoms with Gasteiger partial charge in [-0.25, -0.2) is 4.99 Å². The predicted molar refractivity (Wildman–Crippen MR) is 136 cm³/mol. The lowest BCUT2D eigenvalue weighted by atomic mass is 10.2. The summed E-state index contributed by atoms with van der Waals surface area (Å²) in [7, 11) is 1.67. The van der Waals surface area contributed by atoms with E-state index in [1.165, 1.54) is 0 Å². The molecule has 0 fully saturated rings. The molecule has 32 heavy (non-hydrogen) atoms. The van der Waals surface area contributed by atoms with Crippen LogP contribution in [-0.2, 0) is 13.0 Å². The molecular formula is C24H28IN3O4. The summed E-state index contributed by atoms with van der Waals surface area (Å²) in [4.78, 5) is 4.76. The van der Waals surface area contributed by atoms with Crippen LogP contribution in [0.15, 0.2) is 70.3 Å². The average molecular weight is 549 g/mol. The molecule has 1 aromatic heterocycles. The first-order valence-corrected chi connectivity index (χ1v) is 10.4. The van der Waals surface area contributed by atoms with Gasteiger partial charge >= 0.3 is 0 Å². The smallest absolute Gasteiger partial charge is 0.196 e. The summed E-state index contributed by atoms with van der Waals surface area (Å²) in [6.45, 7) is 2.47. The Labute approximate surface area is 205 Å². The maximum Gasteiger partial charge on any atom is 0.196 e. The Kier molecular flexibility index (Phi) is 9.09. The molecule has 170 valence electrons. The Morgan fingerprint density at radius 2 is 1.88 bits per heavy atom. The maximum absolute atomic E-state index is 5.81. The van der Waals surface area contributed by atoms with Crippen molar-refractivity contribution in [3.8, 4) is 17.2 Å². The first-order valence-electron chi connectivity index (χ1n) is 10.4. The van der Waals surface area contributed by atoms with Crippen molar-refractivity contribution >= 4 is 35.6 Å². The SMILES string of the molecule is COc1ccccc1CN=C(NCCc1ccco1)Nc1ccc2c(c1)OCCCO2.I. The van der Waals surface area contributed by atoms with E-state index >= 15 is 0 Å². The summed E-state index contributed by atoms with van der Waals surface area (Å²) in [5.74, 6) is 3.90. The predicted octanol–water partition coefficient (Wildman–Crippen LogP) is 4.87. The molecule has 0 saturated carbocycles. The van der Waals surface area contributed by atoms with Crippen molar-refractivity contribution in [1.82, 2.24) is 5.32 Å². The van der Waals surface area contributed by atoms with E-state index in [0.717, 1.165) is 47.1 Å². The lowest BCUT2D eigenvalue weighted by Gasteiger charge is -2.15. The van der Waals surface area contributed by atoms with Crippen molar-refractivity contribution in [2.75, 3.05) is 32.2 Å². The van der Waals surface area contributed by atoms with E-state index in [1.54, 1.807) is 13.4 Å². The number of nitrogens with one attached hydrogen (secondary N) is 2. The summed E-state index contributed by atoms with van der Waals surface area (Å²) in [6, 6.07) is 17.5. The Hall–Kier alpha value is -2.88. The van der Waals surface area contributed by atoms with Gasteiger partial charge in [0.25, 0.3) is 0 Å². The van der Waals surface area contributed by atoms with Gasteiger partial charge in [-0.05, 0) is 30.3 Å². The van der Waals surface area contributed by atoms with E-state index in [4.69, 9.17) is 23.6 Å². The van der Waals surface area contributed by atoms with E-state index in [0.29, 0.717) is 32.3 Å². The molecule has 0 amide bonds. The number of hydrogen-bond donors (Lipinski definition) is 2. The van der Waals surface area contributed by atoms with Crippen LogP contribution in [0.4, 0.5) is 5.69 Å². The van der Waals surface area contributed by atoms with Crippen LogP contribution in [0.25, 0.3) is 0 Å². The quantitative estimate of drug-likeness (QED) is 0.249. The van der Waals surface area contributed by atoms with Crippen LogP contribution < -0.4 is 24.8 Å². The molecule has 1 aliphatic heterocycles. The molecule has 4 rings (SSSR count). The molecule has 2 aromatic carbocycles. The van der Waals surface area contributed by atoms with Gasteiger partial charge in [0, 0.05) is 36.7 Å². The zero-order valence-corrected chi connectivity index (χ0v) is 20.3. The van der Waals surface area contributed by atoms with Gasteiger partial charge in [-0.2, -0.15) is 0 Å². The number of furan rings is 1. The Morgan fingerprint density at radius 3 is 2.69 bits per heavy atom. The largest absolute Gasteiger partial charge is 0.496 e. The number of hydrogen-bond acceptors (Lipinski definition) is 5. The topological polar surface area (TPSA) is 77.2 Å². The number of benzene rings is 2. The summed E-state index contributed by atoms with van der Waals surface area (Å²) < 4.78 is 22.4. The molecule has 2 heterocycles. The van der Waals surface area contributed by atoms with Crippen LogP contribution in [0.5, 0.6) is 17.2 Å². The van der Waals surface area contributed by atoms with Crippen LogP contribution in [0.3, 0.4) is 0 Å². The molecule has 0 aliphatic carbocycles. The third kappa shape index (κ3) is 6.56. The van der Waals surface area contributed by atoms with Gasteiger partial charge in [0.2, 0.25) is 0 Å². The molecule has 0 radical (unpaired) electrons. The number of anilines is 1. The second-order valence-electron chi connectivity index (χ2n) is 7.07. The monoisotopic (exact) mass is 549 g/mol. The number of halogens is 1.